The van der Waals surface area contributed by atoms with E-state index in [4.69, 9.17) is 0 Å². The fourth-order valence-corrected chi connectivity index (χ4v) is 3.50. The average Bonchev–Trinajstić information content (AvgIpc) is 2.72. The summed E-state index contributed by atoms with van der Waals surface area (Å²) < 4.78 is 38.6. The van der Waals surface area contributed by atoms with E-state index in [1.165, 1.54) is 19.1 Å². The normalized spacial score (nSPS) is 12.7. The third-order valence-corrected chi connectivity index (χ3v) is 5.08. The molecular formula is C25H24F3NO. The molecule has 1 atom stereocenters. The van der Waals surface area contributed by atoms with Crippen molar-refractivity contribution in [2.75, 3.05) is 0 Å². The summed E-state index contributed by atoms with van der Waals surface area (Å²) in [4.78, 5) is 14.7. The monoisotopic (exact) mass is 411 g/mol. The molecule has 0 aliphatic heterocycles. The van der Waals surface area contributed by atoms with Crippen LogP contribution in [0.5, 0.6) is 0 Å². The number of ketones is 1. The fourth-order valence-electron chi connectivity index (χ4n) is 3.50. The van der Waals surface area contributed by atoms with Crippen molar-refractivity contribution in [1.82, 2.24) is 4.90 Å². The first-order chi connectivity index (χ1) is 14.3. The Kier molecular flexibility index (Phi) is 7.06. The van der Waals surface area contributed by atoms with Gasteiger partial charge in [-0.05, 0) is 42.2 Å². The van der Waals surface area contributed by atoms with Crippen molar-refractivity contribution in [3.63, 3.8) is 0 Å². The third-order valence-electron chi connectivity index (χ3n) is 5.08. The van der Waals surface area contributed by atoms with Crippen LogP contribution in [0.2, 0.25) is 0 Å². The highest BCUT2D eigenvalue weighted by molar-refractivity contribution is 5.81. The number of Topliss-reactive ketones (excluding diaryl/α,β-unsaturated/α-hetero) is 1. The third kappa shape index (κ3) is 6.04. The maximum atomic E-state index is 12.9. The summed E-state index contributed by atoms with van der Waals surface area (Å²) in [7, 11) is 0. The number of benzene rings is 3. The SMILES string of the molecule is CC(=O)C(Cc1ccc(C(F)(F)F)cc1)N(Cc1ccccc1)Cc1ccccc1. The number of halogens is 3. The summed E-state index contributed by atoms with van der Waals surface area (Å²) in [5.41, 5.74) is 2.17. The van der Waals surface area contributed by atoms with Crippen molar-refractivity contribution in [2.45, 2.75) is 38.7 Å². The Morgan fingerprint density at radius 3 is 1.63 bits per heavy atom. The molecule has 0 spiro atoms. The zero-order valence-electron chi connectivity index (χ0n) is 16.8. The predicted octanol–water partition coefficient (Wildman–Crippen LogP) is 5.91. The highest BCUT2D eigenvalue weighted by Crippen LogP contribution is 2.29. The molecule has 0 aromatic heterocycles. The molecule has 0 fully saturated rings. The molecule has 156 valence electrons. The summed E-state index contributed by atoms with van der Waals surface area (Å²) in [5.74, 6) is -0.0123. The second-order valence-corrected chi connectivity index (χ2v) is 7.40. The maximum absolute atomic E-state index is 12.9. The largest absolute Gasteiger partial charge is 0.416 e. The van der Waals surface area contributed by atoms with E-state index in [0.717, 1.165) is 23.3 Å². The van der Waals surface area contributed by atoms with E-state index in [-0.39, 0.29) is 5.78 Å². The molecule has 3 aromatic rings. The number of hydrogen-bond acceptors (Lipinski definition) is 2. The van der Waals surface area contributed by atoms with Gasteiger partial charge in [-0.2, -0.15) is 13.2 Å². The van der Waals surface area contributed by atoms with E-state index >= 15 is 0 Å². The van der Waals surface area contributed by atoms with Crippen LogP contribution >= 0.6 is 0 Å². The molecule has 0 heterocycles. The molecular weight excluding hydrogens is 387 g/mol. The van der Waals surface area contributed by atoms with Crippen molar-refractivity contribution in [1.29, 1.82) is 0 Å². The van der Waals surface area contributed by atoms with Gasteiger partial charge in [0, 0.05) is 13.1 Å². The number of carbonyl (C=O) groups excluding carboxylic acids is 1. The van der Waals surface area contributed by atoms with E-state index in [1.807, 2.05) is 60.7 Å². The van der Waals surface area contributed by atoms with Crippen molar-refractivity contribution >= 4 is 5.78 Å². The zero-order valence-corrected chi connectivity index (χ0v) is 16.8. The highest BCUT2D eigenvalue weighted by Gasteiger charge is 2.30. The number of hydrogen-bond donors (Lipinski definition) is 0. The zero-order chi connectivity index (χ0) is 21.6. The Balaban J connectivity index is 1.85. The van der Waals surface area contributed by atoms with Gasteiger partial charge in [-0.3, -0.25) is 9.69 Å². The minimum Gasteiger partial charge on any atom is -0.298 e. The number of rotatable bonds is 8. The molecule has 0 amide bonds. The van der Waals surface area contributed by atoms with Crippen molar-refractivity contribution in [3.8, 4) is 0 Å². The Hall–Kier alpha value is -2.92. The topological polar surface area (TPSA) is 20.3 Å². The smallest absolute Gasteiger partial charge is 0.298 e. The minimum absolute atomic E-state index is 0.0123. The standard InChI is InChI=1S/C25H24F3NO/c1-19(30)24(16-20-12-14-23(15-13-20)25(26,27)28)29(17-21-8-4-2-5-9-21)18-22-10-6-3-7-11-22/h2-15,24H,16-18H2,1H3. The van der Waals surface area contributed by atoms with Gasteiger partial charge in [0.2, 0.25) is 0 Å². The molecule has 0 bridgehead atoms. The first kappa shape index (κ1) is 21.8. The molecule has 5 heteroatoms. The molecule has 0 aliphatic rings. The second kappa shape index (κ2) is 9.72. The average molecular weight is 411 g/mol. The van der Waals surface area contributed by atoms with Crippen LogP contribution in [0.4, 0.5) is 13.2 Å². The van der Waals surface area contributed by atoms with Gasteiger partial charge in [-0.15, -0.1) is 0 Å². The van der Waals surface area contributed by atoms with Gasteiger partial charge in [0.05, 0.1) is 11.6 Å². The van der Waals surface area contributed by atoms with E-state index in [9.17, 15) is 18.0 Å². The van der Waals surface area contributed by atoms with Gasteiger partial charge in [-0.1, -0.05) is 72.8 Å². The summed E-state index contributed by atoms with van der Waals surface area (Å²) in [6.07, 6.45) is -4.02. The lowest BCUT2D eigenvalue weighted by atomic mass is 9.99. The van der Waals surface area contributed by atoms with Crippen LogP contribution in [0.3, 0.4) is 0 Å². The van der Waals surface area contributed by atoms with Gasteiger partial charge >= 0.3 is 6.18 Å². The summed E-state index contributed by atoms with van der Waals surface area (Å²) in [6.45, 7) is 2.68. The molecule has 30 heavy (non-hydrogen) atoms. The Morgan fingerprint density at radius 2 is 1.23 bits per heavy atom. The Morgan fingerprint density at radius 1 is 0.767 bits per heavy atom. The fraction of sp³-hybridized carbons (Fsp3) is 0.240. The quantitative estimate of drug-likeness (QED) is 0.459. The van der Waals surface area contributed by atoms with Gasteiger partial charge in [0.1, 0.15) is 5.78 Å². The van der Waals surface area contributed by atoms with Gasteiger partial charge < -0.3 is 0 Å². The molecule has 0 radical (unpaired) electrons. The van der Waals surface area contributed by atoms with Crippen LogP contribution in [0, 0.1) is 0 Å². The van der Waals surface area contributed by atoms with Crippen LogP contribution in [-0.4, -0.2) is 16.7 Å². The van der Waals surface area contributed by atoms with E-state index < -0.39 is 17.8 Å². The van der Waals surface area contributed by atoms with Crippen molar-refractivity contribution < 1.29 is 18.0 Å². The number of carbonyl (C=O) groups is 1. The molecule has 0 aliphatic carbocycles. The molecule has 3 aromatic carbocycles. The summed E-state index contributed by atoms with van der Waals surface area (Å²) >= 11 is 0. The first-order valence-electron chi connectivity index (χ1n) is 9.81. The van der Waals surface area contributed by atoms with Crippen molar-refractivity contribution in [2.24, 2.45) is 0 Å². The van der Waals surface area contributed by atoms with Gasteiger partial charge in [-0.25, -0.2) is 0 Å². The summed E-state index contributed by atoms with van der Waals surface area (Å²) in [5, 5.41) is 0. The van der Waals surface area contributed by atoms with E-state index in [0.29, 0.717) is 25.1 Å². The van der Waals surface area contributed by atoms with Crippen LogP contribution in [0.25, 0.3) is 0 Å². The van der Waals surface area contributed by atoms with Crippen LogP contribution in [0.1, 0.15) is 29.2 Å². The van der Waals surface area contributed by atoms with E-state index in [2.05, 4.69) is 4.90 Å². The Labute approximate surface area is 175 Å². The lowest BCUT2D eigenvalue weighted by Crippen LogP contribution is -2.41. The van der Waals surface area contributed by atoms with Gasteiger partial charge in [0.15, 0.2) is 0 Å². The molecule has 0 saturated heterocycles. The number of nitrogens with zero attached hydrogens (tertiary/aromatic N) is 1. The Bertz CT molecular complexity index is 896. The van der Waals surface area contributed by atoms with Crippen LogP contribution in [0.15, 0.2) is 84.9 Å². The lowest BCUT2D eigenvalue weighted by Gasteiger charge is -2.30. The van der Waals surface area contributed by atoms with E-state index in [1.54, 1.807) is 0 Å². The van der Waals surface area contributed by atoms with Crippen molar-refractivity contribution in [3.05, 3.63) is 107 Å². The van der Waals surface area contributed by atoms with Crippen LogP contribution < -0.4 is 0 Å². The number of alkyl halides is 3. The van der Waals surface area contributed by atoms with Crippen LogP contribution in [-0.2, 0) is 30.5 Å². The lowest BCUT2D eigenvalue weighted by molar-refractivity contribution is -0.137. The molecule has 2 nitrogen and oxygen atoms in total. The minimum atomic E-state index is -4.37. The first-order valence-corrected chi connectivity index (χ1v) is 9.81. The second-order valence-electron chi connectivity index (χ2n) is 7.40. The molecule has 3 rings (SSSR count). The molecule has 1 unspecified atom stereocenters. The molecule has 0 N–H and O–H groups in total. The summed E-state index contributed by atoms with van der Waals surface area (Å²) in [6, 6.07) is 24.3. The maximum Gasteiger partial charge on any atom is 0.416 e. The predicted molar refractivity (Wildman–Crippen MR) is 112 cm³/mol. The highest BCUT2D eigenvalue weighted by atomic mass is 19.4. The van der Waals surface area contributed by atoms with Gasteiger partial charge in [0.25, 0.3) is 0 Å². The molecule has 0 saturated carbocycles.